The number of aromatic nitrogens is 2. The summed E-state index contributed by atoms with van der Waals surface area (Å²) >= 11 is 0. The number of amides is 1. The molecule has 1 aliphatic rings. The lowest BCUT2D eigenvalue weighted by molar-refractivity contribution is 0.0524. The Morgan fingerprint density at radius 2 is 1.86 bits per heavy atom. The van der Waals surface area contributed by atoms with E-state index in [1.807, 2.05) is 53.4 Å². The summed E-state index contributed by atoms with van der Waals surface area (Å²) in [6.07, 6.45) is 6.44. The number of nitrogens with zero attached hydrogens (tertiary/aromatic N) is 3. The van der Waals surface area contributed by atoms with Crippen LogP contribution in [0.25, 0.3) is 0 Å². The fourth-order valence-corrected chi connectivity index (χ4v) is 3.25. The van der Waals surface area contributed by atoms with Gasteiger partial charge in [0, 0.05) is 18.9 Å². The molecule has 1 amide bonds. The Labute approximate surface area is 163 Å². The lowest BCUT2D eigenvalue weighted by Gasteiger charge is -2.32. The molecule has 142 valence electrons. The molecule has 0 N–H and O–H groups in total. The molecule has 2 heterocycles. The standard InChI is InChI=1S/C22H21N3O3/c26-22(19-10-4-5-11-20(19)27-17-7-2-1-3-8-17)25-14-6-9-18(16-25)28-21-15-23-12-13-24-21/h1-5,7-8,10-13,15,18H,6,9,14,16H2. The Morgan fingerprint density at radius 3 is 2.68 bits per heavy atom. The smallest absolute Gasteiger partial charge is 0.257 e. The van der Waals surface area contributed by atoms with E-state index in [-0.39, 0.29) is 12.0 Å². The van der Waals surface area contributed by atoms with Crippen LogP contribution in [0, 0.1) is 0 Å². The third-order valence-corrected chi connectivity index (χ3v) is 4.58. The average Bonchev–Trinajstić information content (AvgIpc) is 2.75. The second kappa shape index (κ2) is 8.52. The van der Waals surface area contributed by atoms with Gasteiger partial charge in [0.1, 0.15) is 17.6 Å². The lowest BCUT2D eigenvalue weighted by Crippen LogP contribution is -2.44. The van der Waals surface area contributed by atoms with E-state index in [1.165, 1.54) is 0 Å². The third-order valence-electron chi connectivity index (χ3n) is 4.58. The van der Waals surface area contributed by atoms with Crippen molar-refractivity contribution >= 4 is 5.91 Å². The van der Waals surface area contributed by atoms with Crippen molar-refractivity contribution in [3.8, 4) is 17.4 Å². The van der Waals surface area contributed by atoms with E-state index in [0.29, 0.717) is 36.0 Å². The van der Waals surface area contributed by atoms with Gasteiger partial charge in [-0.15, -0.1) is 0 Å². The van der Waals surface area contributed by atoms with Crippen molar-refractivity contribution in [1.29, 1.82) is 0 Å². The predicted molar refractivity (Wildman–Crippen MR) is 105 cm³/mol. The predicted octanol–water partition coefficient (Wildman–Crippen LogP) is 3.95. The molecule has 28 heavy (non-hydrogen) atoms. The zero-order valence-electron chi connectivity index (χ0n) is 15.4. The number of carbonyl (C=O) groups is 1. The second-order valence-corrected chi connectivity index (χ2v) is 6.59. The number of piperidine rings is 1. The summed E-state index contributed by atoms with van der Waals surface area (Å²) in [6, 6.07) is 16.8. The molecule has 0 aliphatic carbocycles. The Kier molecular flexibility index (Phi) is 5.47. The van der Waals surface area contributed by atoms with Gasteiger partial charge >= 0.3 is 0 Å². The van der Waals surface area contributed by atoms with Gasteiger partial charge in [-0.1, -0.05) is 30.3 Å². The van der Waals surface area contributed by atoms with Crippen LogP contribution in [-0.2, 0) is 0 Å². The van der Waals surface area contributed by atoms with Crippen molar-refractivity contribution < 1.29 is 14.3 Å². The summed E-state index contributed by atoms with van der Waals surface area (Å²) in [4.78, 5) is 23.2. The minimum atomic E-state index is -0.100. The molecular weight excluding hydrogens is 354 g/mol. The summed E-state index contributed by atoms with van der Waals surface area (Å²) in [5.74, 6) is 1.68. The lowest BCUT2D eigenvalue weighted by atomic mass is 10.1. The van der Waals surface area contributed by atoms with Crippen LogP contribution >= 0.6 is 0 Å². The number of benzene rings is 2. The van der Waals surface area contributed by atoms with E-state index in [9.17, 15) is 4.79 Å². The van der Waals surface area contributed by atoms with Crippen LogP contribution in [0.5, 0.6) is 17.4 Å². The highest BCUT2D eigenvalue weighted by molar-refractivity contribution is 5.97. The van der Waals surface area contributed by atoms with Crippen LogP contribution in [0.2, 0.25) is 0 Å². The van der Waals surface area contributed by atoms with Gasteiger partial charge in [-0.3, -0.25) is 9.78 Å². The maximum absolute atomic E-state index is 13.2. The number of rotatable bonds is 5. The molecule has 1 fully saturated rings. The molecule has 0 spiro atoms. The van der Waals surface area contributed by atoms with E-state index in [1.54, 1.807) is 24.7 Å². The topological polar surface area (TPSA) is 64.5 Å². The van der Waals surface area contributed by atoms with Crippen molar-refractivity contribution in [3.05, 3.63) is 78.8 Å². The molecule has 1 aliphatic heterocycles. The number of ether oxygens (including phenoxy) is 2. The molecule has 1 aromatic heterocycles. The quantitative estimate of drug-likeness (QED) is 0.676. The molecule has 0 radical (unpaired) electrons. The number of carbonyl (C=O) groups excluding carboxylic acids is 1. The first-order chi connectivity index (χ1) is 13.8. The summed E-state index contributed by atoms with van der Waals surface area (Å²) in [5.41, 5.74) is 0.548. The first kappa shape index (κ1) is 18.0. The molecule has 6 heteroatoms. The highest BCUT2D eigenvalue weighted by Crippen LogP contribution is 2.27. The van der Waals surface area contributed by atoms with Crippen LogP contribution in [0.1, 0.15) is 23.2 Å². The molecule has 0 bridgehead atoms. The molecule has 1 saturated heterocycles. The van der Waals surface area contributed by atoms with E-state index < -0.39 is 0 Å². The average molecular weight is 375 g/mol. The number of hydrogen-bond acceptors (Lipinski definition) is 5. The Hall–Kier alpha value is -3.41. The van der Waals surface area contributed by atoms with Gasteiger partial charge in [0.05, 0.1) is 18.3 Å². The molecule has 1 unspecified atom stereocenters. The van der Waals surface area contributed by atoms with Gasteiger partial charge in [-0.05, 0) is 37.1 Å². The van der Waals surface area contributed by atoms with Gasteiger partial charge in [-0.2, -0.15) is 0 Å². The van der Waals surface area contributed by atoms with Gasteiger partial charge < -0.3 is 14.4 Å². The monoisotopic (exact) mass is 375 g/mol. The van der Waals surface area contributed by atoms with Crippen molar-refractivity contribution in [3.63, 3.8) is 0 Å². The highest BCUT2D eigenvalue weighted by atomic mass is 16.5. The van der Waals surface area contributed by atoms with E-state index in [4.69, 9.17) is 9.47 Å². The second-order valence-electron chi connectivity index (χ2n) is 6.59. The highest BCUT2D eigenvalue weighted by Gasteiger charge is 2.27. The first-order valence-corrected chi connectivity index (χ1v) is 9.33. The van der Waals surface area contributed by atoms with Crippen molar-refractivity contribution in [2.75, 3.05) is 13.1 Å². The van der Waals surface area contributed by atoms with Gasteiger partial charge in [-0.25, -0.2) is 4.98 Å². The number of para-hydroxylation sites is 2. The maximum atomic E-state index is 13.2. The van der Waals surface area contributed by atoms with Crippen LogP contribution in [0.15, 0.2) is 73.2 Å². The van der Waals surface area contributed by atoms with Crippen molar-refractivity contribution in [1.82, 2.24) is 14.9 Å². The van der Waals surface area contributed by atoms with Crippen LogP contribution < -0.4 is 9.47 Å². The van der Waals surface area contributed by atoms with E-state index in [0.717, 1.165) is 12.8 Å². The summed E-state index contributed by atoms with van der Waals surface area (Å²) in [6.45, 7) is 1.20. The molecular formula is C22H21N3O3. The van der Waals surface area contributed by atoms with E-state index >= 15 is 0 Å². The molecule has 3 aromatic rings. The zero-order valence-corrected chi connectivity index (χ0v) is 15.4. The molecule has 2 aromatic carbocycles. The van der Waals surface area contributed by atoms with Crippen LogP contribution in [-0.4, -0.2) is 40.0 Å². The fraction of sp³-hybridized carbons (Fsp3) is 0.227. The summed E-state index contributed by atoms with van der Waals surface area (Å²) in [5, 5.41) is 0. The Morgan fingerprint density at radius 1 is 1.04 bits per heavy atom. The van der Waals surface area contributed by atoms with Gasteiger partial charge in [0.2, 0.25) is 5.88 Å². The SMILES string of the molecule is O=C(c1ccccc1Oc1ccccc1)N1CCCC(Oc2cnccn2)C1. The first-order valence-electron chi connectivity index (χ1n) is 9.33. The van der Waals surface area contributed by atoms with Crippen molar-refractivity contribution in [2.45, 2.75) is 18.9 Å². The Balaban J connectivity index is 1.48. The normalized spacial score (nSPS) is 16.4. The Bertz CT molecular complexity index is 919. The van der Waals surface area contributed by atoms with Gasteiger partial charge in [0.25, 0.3) is 5.91 Å². The molecule has 0 saturated carbocycles. The molecule has 1 atom stereocenters. The van der Waals surface area contributed by atoms with E-state index in [2.05, 4.69) is 9.97 Å². The molecule has 4 rings (SSSR count). The maximum Gasteiger partial charge on any atom is 0.257 e. The third kappa shape index (κ3) is 4.28. The molecule has 6 nitrogen and oxygen atoms in total. The van der Waals surface area contributed by atoms with Crippen LogP contribution in [0.3, 0.4) is 0 Å². The van der Waals surface area contributed by atoms with Gasteiger partial charge in [0.15, 0.2) is 0 Å². The number of hydrogen-bond donors (Lipinski definition) is 0. The summed E-state index contributed by atoms with van der Waals surface area (Å²) < 4.78 is 11.8. The largest absolute Gasteiger partial charge is 0.471 e. The fourth-order valence-electron chi connectivity index (χ4n) is 3.25. The van der Waals surface area contributed by atoms with Crippen molar-refractivity contribution in [2.24, 2.45) is 0 Å². The zero-order chi connectivity index (χ0) is 19.2. The minimum Gasteiger partial charge on any atom is -0.471 e. The summed E-state index contributed by atoms with van der Waals surface area (Å²) in [7, 11) is 0. The number of likely N-dealkylation sites (tertiary alicyclic amines) is 1. The minimum absolute atomic E-state index is 0.0565. The van der Waals surface area contributed by atoms with Crippen LogP contribution in [0.4, 0.5) is 0 Å².